The van der Waals surface area contributed by atoms with Gasteiger partial charge in [0.05, 0.1) is 5.69 Å². The third-order valence-electron chi connectivity index (χ3n) is 3.40. The molecule has 0 aliphatic heterocycles. The van der Waals surface area contributed by atoms with Crippen LogP contribution in [0.3, 0.4) is 0 Å². The van der Waals surface area contributed by atoms with Crippen LogP contribution in [0.2, 0.25) is 0 Å². The second-order valence-corrected chi connectivity index (χ2v) is 7.47. The van der Waals surface area contributed by atoms with Crippen molar-refractivity contribution in [1.29, 1.82) is 0 Å². The van der Waals surface area contributed by atoms with Crippen LogP contribution in [0.1, 0.15) is 16.7 Å². The Morgan fingerprint density at radius 3 is 2.29 bits per heavy atom. The number of benzene rings is 2. The molecule has 4 nitrogen and oxygen atoms in total. The molecule has 0 aliphatic rings. The Balaban J connectivity index is 2.48. The molecule has 0 bridgehead atoms. The van der Waals surface area contributed by atoms with Crippen LogP contribution in [0.4, 0.5) is 11.4 Å². The van der Waals surface area contributed by atoms with Gasteiger partial charge in [-0.1, -0.05) is 28.1 Å². The van der Waals surface area contributed by atoms with Gasteiger partial charge in [-0.3, -0.25) is 4.72 Å². The van der Waals surface area contributed by atoms with Crippen LogP contribution in [0.5, 0.6) is 0 Å². The lowest BCUT2D eigenvalue weighted by atomic mass is 10.1. The van der Waals surface area contributed by atoms with Crippen molar-refractivity contribution in [3.05, 3.63) is 51.5 Å². The van der Waals surface area contributed by atoms with Gasteiger partial charge in [0.1, 0.15) is 4.90 Å². The Hall–Kier alpha value is -1.53. The molecule has 0 spiro atoms. The molecule has 0 aliphatic carbocycles. The average Bonchev–Trinajstić information content (AvgIpc) is 2.38. The zero-order valence-corrected chi connectivity index (χ0v) is 14.5. The molecule has 0 unspecified atom stereocenters. The Morgan fingerprint density at radius 2 is 1.67 bits per heavy atom. The molecule has 0 radical (unpaired) electrons. The van der Waals surface area contributed by atoms with E-state index in [1.165, 1.54) is 0 Å². The number of halogens is 1. The largest absolute Gasteiger partial charge is 0.398 e. The zero-order chi connectivity index (χ0) is 15.8. The molecule has 0 atom stereocenters. The quantitative estimate of drug-likeness (QED) is 0.810. The van der Waals surface area contributed by atoms with E-state index in [0.29, 0.717) is 11.3 Å². The molecule has 112 valence electrons. The van der Waals surface area contributed by atoms with Gasteiger partial charge in [-0.05, 0) is 55.7 Å². The van der Waals surface area contributed by atoms with Crippen LogP contribution < -0.4 is 10.5 Å². The number of hydrogen-bond acceptors (Lipinski definition) is 3. The number of sulfonamides is 1. The molecule has 2 aromatic carbocycles. The fraction of sp³-hybridized carbons (Fsp3) is 0.200. The number of hydrogen-bond donors (Lipinski definition) is 2. The summed E-state index contributed by atoms with van der Waals surface area (Å²) in [5.41, 5.74) is 9.17. The maximum Gasteiger partial charge on any atom is 0.264 e. The highest BCUT2D eigenvalue weighted by Gasteiger charge is 2.21. The summed E-state index contributed by atoms with van der Waals surface area (Å²) in [5, 5.41) is 0. The van der Waals surface area contributed by atoms with E-state index in [9.17, 15) is 8.42 Å². The van der Waals surface area contributed by atoms with Crippen molar-refractivity contribution in [3.63, 3.8) is 0 Å². The van der Waals surface area contributed by atoms with Crippen LogP contribution in [0.15, 0.2) is 39.7 Å². The predicted molar refractivity (Wildman–Crippen MR) is 90.0 cm³/mol. The lowest BCUT2D eigenvalue weighted by molar-refractivity contribution is 0.601. The Kier molecular flexibility index (Phi) is 4.30. The van der Waals surface area contributed by atoms with Crippen LogP contribution in [-0.2, 0) is 10.0 Å². The van der Waals surface area contributed by atoms with Crippen LogP contribution in [0.25, 0.3) is 0 Å². The summed E-state index contributed by atoms with van der Waals surface area (Å²) in [4.78, 5) is 0.138. The minimum atomic E-state index is -3.72. The van der Waals surface area contributed by atoms with Gasteiger partial charge < -0.3 is 5.73 Å². The van der Waals surface area contributed by atoms with Gasteiger partial charge in [0.25, 0.3) is 10.0 Å². The molecule has 21 heavy (non-hydrogen) atoms. The summed E-state index contributed by atoms with van der Waals surface area (Å²) in [7, 11) is -3.72. The maximum atomic E-state index is 12.6. The van der Waals surface area contributed by atoms with Gasteiger partial charge in [-0.25, -0.2) is 8.42 Å². The van der Waals surface area contributed by atoms with Gasteiger partial charge in [-0.2, -0.15) is 0 Å². The Morgan fingerprint density at radius 1 is 1.05 bits per heavy atom. The minimum Gasteiger partial charge on any atom is -0.398 e. The monoisotopic (exact) mass is 368 g/mol. The Bertz CT molecular complexity index is 802. The van der Waals surface area contributed by atoms with Crippen LogP contribution in [-0.4, -0.2) is 8.42 Å². The van der Waals surface area contributed by atoms with Gasteiger partial charge in [0, 0.05) is 10.2 Å². The fourth-order valence-corrected chi connectivity index (χ4v) is 3.89. The molecule has 0 amide bonds. The molecule has 6 heteroatoms. The first-order chi connectivity index (χ1) is 9.72. The first kappa shape index (κ1) is 15.9. The molecular weight excluding hydrogens is 352 g/mol. The summed E-state index contributed by atoms with van der Waals surface area (Å²) >= 11 is 3.39. The third kappa shape index (κ3) is 3.22. The SMILES string of the molecule is Cc1ccc(NS(=O)(=O)c2c(N)ccc(C)c2C)cc1Br. The molecule has 0 heterocycles. The molecule has 2 aromatic rings. The lowest BCUT2D eigenvalue weighted by Crippen LogP contribution is -2.16. The topological polar surface area (TPSA) is 72.2 Å². The summed E-state index contributed by atoms with van der Waals surface area (Å²) in [6, 6.07) is 8.72. The van der Waals surface area contributed by atoms with Crippen molar-refractivity contribution in [2.45, 2.75) is 25.7 Å². The van der Waals surface area contributed by atoms with Gasteiger partial charge in [-0.15, -0.1) is 0 Å². The van der Waals surface area contributed by atoms with E-state index in [2.05, 4.69) is 20.7 Å². The highest BCUT2D eigenvalue weighted by Crippen LogP contribution is 2.28. The second kappa shape index (κ2) is 5.69. The van der Waals surface area contributed by atoms with E-state index in [0.717, 1.165) is 15.6 Å². The molecular formula is C15H17BrN2O2S. The maximum absolute atomic E-state index is 12.6. The first-order valence-electron chi connectivity index (χ1n) is 6.37. The summed E-state index contributed by atoms with van der Waals surface area (Å²) in [5.74, 6) is 0. The van der Waals surface area contributed by atoms with Gasteiger partial charge in [0.2, 0.25) is 0 Å². The third-order valence-corrected chi connectivity index (χ3v) is 5.84. The van der Waals surface area contributed by atoms with E-state index in [4.69, 9.17) is 5.73 Å². The van der Waals surface area contributed by atoms with Crippen molar-refractivity contribution in [2.24, 2.45) is 0 Å². The van der Waals surface area contributed by atoms with E-state index >= 15 is 0 Å². The van der Waals surface area contributed by atoms with Crippen molar-refractivity contribution in [3.8, 4) is 0 Å². The normalized spacial score (nSPS) is 11.4. The summed E-state index contributed by atoms with van der Waals surface area (Å²) in [6.45, 7) is 5.55. The average molecular weight is 369 g/mol. The summed E-state index contributed by atoms with van der Waals surface area (Å²) < 4.78 is 28.6. The predicted octanol–water partition coefficient (Wildman–Crippen LogP) is 3.76. The molecule has 0 saturated carbocycles. The number of rotatable bonds is 3. The number of anilines is 2. The molecule has 0 saturated heterocycles. The van der Waals surface area contributed by atoms with E-state index < -0.39 is 10.0 Å². The van der Waals surface area contributed by atoms with Crippen molar-refractivity contribution < 1.29 is 8.42 Å². The second-order valence-electron chi connectivity index (χ2n) is 5.00. The lowest BCUT2D eigenvalue weighted by Gasteiger charge is -2.14. The van der Waals surface area contributed by atoms with Crippen molar-refractivity contribution in [1.82, 2.24) is 0 Å². The number of nitrogens with two attached hydrogens (primary N) is 1. The van der Waals surface area contributed by atoms with Gasteiger partial charge >= 0.3 is 0 Å². The molecule has 3 N–H and O–H groups in total. The summed E-state index contributed by atoms with van der Waals surface area (Å²) in [6.07, 6.45) is 0. The van der Waals surface area contributed by atoms with E-state index in [-0.39, 0.29) is 10.6 Å². The first-order valence-corrected chi connectivity index (χ1v) is 8.64. The number of nitrogens with one attached hydrogen (secondary N) is 1. The number of nitrogen functional groups attached to an aromatic ring is 1. The molecule has 0 aromatic heterocycles. The van der Waals surface area contributed by atoms with E-state index in [1.54, 1.807) is 25.1 Å². The van der Waals surface area contributed by atoms with E-state index in [1.807, 2.05) is 26.0 Å². The zero-order valence-electron chi connectivity index (χ0n) is 12.1. The minimum absolute atomic E-state index is 0.138. The van der Waals surface area contributed by atoms with Crippen molar-refractivity contribution >= 4 is 37.3 Å². The smallest absolute Gasteiger partial charge is 0.264 e. The highest BCUT2D eigenvalue weighted by molar-refractivity contribution is 9.10. The molecule has 0 fully saturated rings. The standard InChI is InChI=1S/C15H17BrN2O2S/c1-9-5-7-14(17)15(11(9)3)21(19,20)18-12-6-4-10(2)13(16)8-12/h4-8,18H,17H2,1-3H3. The molecule has 2 rings (SSSR count). The van der Waals surface area contributed by atoms with Crippen LogP contribution in [0, 0.1) is 20.8 Å². The van der Waals surface area contributed by atoms with Crippen molar-refractivity contribution in [2.75, 3.05) is 10.5 Å². The highest BCUT2D eigenvalue weighted by atomic mass is 79.9. The Labute approximate surface area is 133 Å². The fourth-order valence-electron chi connectivity index (χ4n) is 2.03. The van der Waals surface area contributed by atoms with Crippen LogP contribution >= 0.6 is 15.9 Å². The number of aryl methyl sites for hydroxylation is 2. The van der Waals surface area contributed by atoms with Gasteiger partial charge in [0.15, 0.2) is 0 Å².